The van der Waals surface area contributed by atoms with E-state index in [1.54, 1.807) is 42.5 Å². The lowest BCUT2D eigenvalue weighted by Crippen LogP contribution is -2.16. The monoisotopic (exact) mass is 391 g/mol. The molecule has 0 saturated heterocycles. The number of primary amides is 1. The van der Waals surface area contributed by atoms with Crippen LogP contribution < -0.4 is 16.2 Å². The number of amides is 1. The number of fused-ring (bicyclic) bond motifs is 1. The molecule has 0 aliphatic rings. The molecule has 0 atom stereocenters. The molecule has 29 heavy (non-hydrogen) atoms. The minimum absolute atomic E-state index is 0.0611. The summed E-state index contributed by atoms with van der Waals surface area (Å²) in [5, 5.41) is 10.2. The summed E-state index contributed by atoms with van der Waals surface area (Å²) in [6, 6.07) is 13.4. The Kier molecular flexibility index (Phi) is 4.47. The predicted molar refractivity (Wildman–Crippen MR) is 106 cm³/mol. The fourth-order valence-corrected chi connectivity index (χ4v) is 3.09. The molecule has 2 heterocycles. The van der Waals surface area contributed by atoms with Crippen LogP contribution >= 0.6 is 0 Å². The number of nitrogens with one attached hydrogen (secondary N) is 1. The molecule has 0 saturated carbocycles. The quantitative estimate of drug-likeness (QED) is 0.476. The topological polar surface area (TPSA) is 136 Å². The van der Waals surface area contributed by atoms with Crippen molar-refractivity contribution < 1.29 is 14.6 Å². The van der Waals surface area contributed by atoms with Gasteiger partial charge >= 0.3 is 5.69 Å². The lowest BCUT2D eigenvalue weighted by molar-refractivity contribution is 0.0997. The third kappa shape index (κ3) is 3.08. The van der Waals surface area contributed by atoms with Crippen LogP contribution in [-0.2, 0) is 0 Å². The molecule has 4 rings (SSSR count). The summed E-state index contributed by atoms with van der Waals surface area (Å²) < 4.78 is 6.92. The molecule has 0 bridgehead atoms. The van der Waals surface area contributed by atoms with E-state index in [1.165, 1.54) is 10.6 Å². The first-order valence-electron chi connectivity index (χ1n) is 8.84. The highest BCUT2D eigenvalue weighted by Gasteiger charge is 2.22. The minimum atomic E-state index is -0.833. The highest BCUT2D eigenvalue weighted by atomic mass is 16.5. The van der Waals surface area contributed by atoms with E-state index < -0.39 is 11.6 Å². The van der Waals surface area contributed by atoms with Crippen molar-refractivity contribution in [3.63, 3.8) is 0 Å². The highest BCUT2D eigenvalue weighted by Crippen LogP contribution is 2.29. The van der Waals surface area contributed by atoms with Crippen molar-refractivity contribution in [3.05, 3.63) is 64.7 Å². The van der Waals surface area contributed by atoms with Gasteiger partial charge in [-0.2, -0.15) is 0 Å². The van der Waals surface area contributed by atoms with Crippen molar-refractivity contribution in [1.82, 2.24) is 19.5 Å². The van der Waals surface area contributed by atoms with Crippen molar-refractivity contribution in [3.8, 4) is 28.6 Å². The minimum Gasteiger partial charge on any atom is -0.507 e. The Morgan fingerprint density at radius 3 is 2.62 bits per heavy atom. The largest absolute Gasteiger partial charge is 0.507 e. The van der Waals surface area contributed by atoms with E-state index in [0.29, 0.717) is 23.6 Å². The number of imidazole rings is 1. The van der Waals surface area contributed by atoms with Gasteiger partial charge in [-0.25, -0.2) is 19.3 Å². The first-order valence-corrected chi connectivity index (χ1v) is 8.84. The number of aromatic hydroxyl groups is 1. The second-order valence-electron chi connectivity index (χ2n) is 6.14. The molecule has 4 N–H and O–H groups in total. The predicted octanol–water partition coefficient (Wildman–Crippen LogP) is 1.98. The van der Waals surface area contributed by atoms with Crippen molar-refractivity contribution in [2.45, 2.75) is 6.92 Å². The van der Waals surface area contributed by atoms with Gasteiger partial charge in [0, 0.05) is 0 Å². The van der Waals surface area contributed by atoms with E-state index in [4.69, 9.17) is 10.5 Å². The van der Waals surface area contributed by atoms with Gasteiger partial charge in [-0.05, 0) is 31.2 Å². The first-order chi connectivity index (χ1) is 14.0. The molecule has 0 aliphatic heterocycles. The van der Waals surface area contributed by atoms with Crippen molar-refractivity contribution >= 4 is 17.1 Å². The lowest BCUT2D eigenvalue weighted by atomic mass is 10.2. The third-order valence-corrected chi connectivity index (χ3v) is 4.32. The van der Waals surface area contributed by atoms with Crippen molar-refractivity contribution in [2.75, 3.05) is 6.61 Å². The number of hydrogen-bond donors (Lipinski definition) is 3. The molecule has 2 aromatic heterocycles. The summed E-state index contributed by atoms with van der Waals surface area (Å²) in [6.45, 7) is 2.23. The molecule has 0 spiro atoms. The number of rotatable bonds is 5. The van der Waals surface area contributed by atoms with Crippen LogP contribution in [-0.4, -0.2) is 37.1 Å². The van der Waals surface area contributed by atoms with Gasteiger partial charge in [0.1, 0.15) is 17.0 Å². The second kappa shape index (κ2) is 7.12. The molecule has 1 amide bonds. The summed E-state index contributed by atoms with van der Waals surface area (Å²) in [5.74, 6) is -0.366. The van der Waals surface area contributed by atoms with Crippen LogP contribution in [0.4, 0.5) is 0 Å². The van der Waals surface area contributed by atoms with Gasteiger partial charge in [0.25, 0.3) is 5.91 Å². The number of phenols is 1. The smallest absolute Gasteiger partial charge is 0.332 e. The summed E-state index contributed by atoms with van der Waals surface area (Å²) in [4.78, 5) is 36.0. The molecule has 2 aromatic carbocycles. The fraction of sp³-hybridized carbons (Fsp3) is 0.100. The van der Waals surface area contributed by atoms with Crippen LogP contribution in [0.1, 0.15) is 17.4 Å². The van der Waals surface area contributed by atoms with Gasteiger partial charge in [0.2, 0.25) is 0 Å². The maximum Gasteiger partial charge on any atom is 0.332 e. The number of phenolic OH excluding ortho intramolecular Hbond substituents is 1. The number of benzene rings is 2. The van der Waals surface area contributed by atoms with E-state index in [9.17, 15) is 14.7 Å². The SMILES string of the molecule is CCOc1ccccc1-n1c(=O)[nH]c2c(C(N)=O)nc(-c3ccccc3O)nc21. The van der Waals surface area contributed by atoms with Crippen LogP contribution in [0.5, 0.6) is 11.5 Å². The molecule has 9 heteroatoms. The maximum absolute atomic E-state index is 12.8. The standard InChI is InChI=1S/C20H17N5O4/c1-2-29-14-10-6-4-8-12(14)25-19-16(23-20(25)28)15(17(21)27)22-18(24-19)11-7-3-5-9-13(11)26/h3-10,26H,2H2,1H3,(H2,21,27)(H,23,28). The highest BCUT2D eigenvalue weighted by molar-refractivity contribution is 6.02. The molecule has 4 aromatic rings. The second-order valence-corrected chi connectivity index (χ2v) is 6.14. The number of nitrogens with two attached hydrogens (primary N) is 1. The summed E-state index contributed by atoms with van der Waals surface area (Å²) in [5.41, 5.74) is 5.80. The zero-order valence-electron chi connectivity index (χ0n) is 15.4. The van der Waals surface area contributed by atoms with E-state index in [-0.39, 0.29) is 28.4 Å². The van der Waals surface area contributed by atoms with Crippen LogP contribution in [0, 0.1) is 0 Å². The summed E-state index contributed by atoms with van der Waals surface area (Å²) in [7, 11) is 0. The zero-order valence-corrected chi connectivity index (χ0v) is 15.4. The molecule has 0 unspecified atom stereocenters. The molecular weight excluding hydrogens is 374 g/mol. The number of H-pyrrole nitrogens is 1. The average molecular weight is 391 g/mol. The van der Waals surface area contributed by atoms with E-state index in [1.807, 2.05) is 6.92 Å². The Bertz CT molecular complexity index is 1290. The third-order valence-electron chi connectivity index (χ3n) is 4.32. The number of nitrogens with zero attached hydrogens (tertiary/aromatic N) is 3. The van der Waals surface area contributed by atoms with E-state index in [0.717, 1.165) is 0 Å². The van der Waals surface area contributed by atoms with E-state index in [2.05, 4.69) is 15.0 Å². The van der Waals surface area contributed by atoms with Gasteiger partial charge in [-0.3, -0.25) is 4.79 Å². The first kappa shape index (κ1) is 18.2. The molecule has 146 valence electrons. The summed E-state index contributed by atoms with van der Waals surface area (Å²) in [6.07, 6.45) is 0. The Morgan fingerprint density at radius 1 is 1.17 bits per heavy atom. The van der Waals surface area contributed by atoms with Gasteiger partial charge in [0.05, 0.1) is 17.9 Å². The Labute approximate surface area is 164 Å². The van der Waals surface area contributed by atoms with Gasteiger partial charge in [-0.15, -0.1) is 0 Å². The molecular formula is C20H17N5O4. The van der Waals surface area contributed by atoms with Crippen LogP contribution in [0.25, 0.3) is 28.2 Å². The summed E-state index contributed by atoms with van der Waals surface area (Å²) >= 11 is 0. The molecule has 0 fully saturated rings. The normalized spacial score (nSPS) is 10.9. The van der Waals surface area contributed by atoms with Crippen LogP contribution in [0.3, 0.4) is 0 Å². The Morgan fingerprint density at radius 2 is 1.90 bits per heavy atom. The molecule has 9 nitrogen and oxygen atoms in total. The maximum atomic E-state index is 12.8. The van der Waals surface area contributed by atoms with Crippen LogP contribution in [0.2, 0.25) is 0 Å². The van der Waals surface area contributed by atoms with Crippen molar-refractivity contribution in [1.29, 1.82) is 0 Å². The number of aromatic nitrogens is 4. The number of carbonyl (C=O) groups excluding carboxylic acids is 1. The average Bonchev–Trinajstić information content (AvgIpc) is 3.03. The van der Waals surface area contributed by atoms with Crippen molar-refractivity contribution in [2.24, 2.45) is 5.73 Å². The van der Waals surface area contributed by atoms with Gasteiger partial charge in [0.15, 0.2) is 17.2 Å². The lowest BCUT2D eigenvalue weighted by Gasteiger charge is -2.11. The number of ether oxygens (including phenoxy) is 1. The van der Waals surface area contributed by atoms with Gasteiger partial charge in [-0.1, -0.05) is 24.3 Å². The number of hydrogen-bond acceptors (Lipinski definition) is 6. The number of para-hydroxylation sites is 3. The van der Waals surface area contributed by atoms with E-state index >= 15 is 0 Å². The zero-order chi connectivity index (χ0) is 20.5. The Balaban J connectivity index is 2.08. The number of carbonyl (C=O) groups is 1. The van der Waals surface area contributed by atoms with Crippen LogP contribution in [0.15, 0.2) is 53.3 Å². The molecule has 0 radical (unpaired) electrons. The number of aromatic amines is 1. The Hall–Kier alpha value is -4.14. The molecule has 0 aliphatic carbocycles. The fourth-order valence-electron chi connectivity index (χ4n) is 3.09. The van der Waals surface area contributed by atoms with Gasteiger partial charge < -0.3 is 20.6 Å².